The van der Waals surface area contributed by atoms with Crippen LogP contribution < -0.4 is 15.0 Å². The van der Waals surface area contributed by atoms with Crippen molar-refractivity contribution in [1.29, 1.82) is 0 Å². The van der Waals surface area contributed by atoms with Crippen molar-refractivity contribution >= 4 is 11.9 Å². The summed E-state index contributed by atoms with van der Waals surface area (Å²) >= 11 is 0. The van der Waals surface area contributed by atoms with Crippen LogP contribution in [-0.2, 0) is 0 Å². The Labute approximate surface area is 104 Å². The van der Waals surface area contributed by atoms with Crippen LogP contribution in [0.25, 0.3) is 0 Å². The molecule has 0 aliphatic rings. The van der Waals surface area contributed by atoms with E-state index in [0.717, 1.165) is 0 Å². The first-order chi connectivity index (χ1) is 8.42. The zero-order chi connectivity index (χ0) is 13.7. The fourth-order valence-corrected chi connectivity index (χ4v) is 1.18. The molecule has 1 aromatic rings. The Hall–Kier alpha value is -1.73. The Morgan fingerprint density at radius 2 is 1.94 bits per heavy atom. The molecular weight excluding hydrogens is 244 g/mol. The Balaban J connectivity index is 2.95. The zero-order valence-electron chi connectivity index (χ0n) is 10.8. The number of nitrogens with zero attached hydrogens (tertiary/aromatic N) is 4. The SMILES string of the molecule is CNc1nc(OC(C)C)nc(N(C)CC(F)F)n1. The van der Waals surface area contributed by atoms with Crippen LogP contribution in [0.4, 0.5) is 20.7 Å². The number of hydrogen-bond acceptors (Lipinski definition) is 6. The summed E-state index contributed by atoms with van der Waals surface area (Å²) in [6.45, 7) is 3.20. The van der Waals surface area contributed by atoms with E-state index in [2.05, 4.69) is 20.3 Å². The Morgan fingerprint density at radius 1 is 1.28 bits per heavy atom. The third-order valence-electron chi connectivity index (χ3n) is 1.92. The van der Waals surface area contributed by atoms with Crippen LogP contribution in [0.2, 0.25) is 0 Å². The maximum Gasteiger partial charge on any atom is 0.323 e. The van der Waals surface area contributed by atoms with Gasteiger partial charge in [-0.2, -0.15) is 15.0 Å². The van der Waals surface area contributed by atoms with E-state index in [1.807, 2.05) is 13.8 Å². The molecule has 0 spiro atoms. The van der Waals surface area contributed by atoms with Gasteiger partial charge in [-0.25, -0.2) is 8.78 Å². The molecule has 1 heterocycles. The summed E-state index contributed by atoms with van der Waals surface area (Å²) in [5.41, 5.74) is 0. The molecule has 102 valence electrons. The minimum Gasteiger partial charge on any atom is -0.461 e. The number of ether oxygens (including phenoxy) is 1. The van der Waals surface area contributed by atoms with Gasteiger partial charge >= 0.3 is 6.01 Å². The fourth-order valence-electron chi connectivity index (χ4n) is 1.18. The van der Waals surface area contributed by atoms with Crippen molar-refractivity contribution in [1.82, 2.24) is 15.0 Å². The highest BCUT2D eigenvalue weighted by Gasteiger charge is 2.14. The molecule has 0 aromatic carbocycles. The molecule has 18 heavy (non-hydrogen) atoms. The van der Waals surface area contributed by atoms with Crippen molar-refractivity contribution in [2.24, 2.45) is 0 Å². The largest absolute Gasteiger partial charge is 0.461 e. The number of alkyl halides is 2. The predicted octanol–water partition coefficient (Wildman–Crippen LogP) is 1.40. The summed E-state index contributed by atoms with van der Waals surface area (Å²) in [5.74, 6) is 0.419. The van der Waals surface area contributed by atoms with E-state index in [4.69, 9.17) is 4.74 Å². The molecule has 0 saturated carbocycles. The lowest BCUT2D eigenvalue weighted by atomic mass is 10.5. The maximum absolute atomic E-state index is 12.3. The lowest BCUT2D eigenvalue weighted by Gasteiger charge is -2.17. The molecule has 1 N–H and O–H groups in total. The summed E-state index contributed by atoms with van der Waals surface area (Å²) < 4.78 is 29.9. The molecule has 1 rings (SSSR count). The highest BCUT2D eigenvalue weighted by molar-refractivity contribution is 5.37. The monoisotopic (exact) mass is 261 g/mol. The van der Waals surface area contributed by atoms with E-state index in [0.29, 0.717) is 0 Å². The molecular formula is C10H17F2N5O. The molecule has 6 nitrogen and oxygen atoms in total. The van der Waals surface area contributed by atoms with Gasteiger partial charge in [0.1, 0.15) is 0 Å². The average molecular weight is 261 g/mol. The number of rotatable bonds is 6. The van der Waals surface area contributed by atoms with Gasteiger partial charge in [-0.05, 0) is 13.8 Å². The van der Waals surface area contributed by atoms with Crippen molar-refractivity contribution in [2.75, 3.05) is 30.9 Å². The molecule has 0 fully saturated rings. The van der Waals surface area contributed by atoms with Crippen LogP contribution in [0.15, 0.2) is 0 Å². The fraction of sp³-hybridized carbons (Fsp3) is 0.700. The standard InChI is InChI=1S/C10H17F2N5O/c1-6(2)18-10-15-8(13-3)14-9(16-10)17(4)5-7(11)12/h6-7H,5H2,1-4H3,(H,13,14,15,16). The molecule has 8 heteroatoms. The minimum atomic E-state index is -2.46. The molecule has 0 unspecified atom stereocenters. The van der Waals surface area contributed by atoms with E-state index in [9.17, 15) is 8.78 Å². The van der Waals surface area contributed by atoms with E-state index < -0.39 is 13.0 Å². The molecule has 1 aromatic heterocycles. The predicted molar refractivity (Wildman–Crippen MR) is 64.4 cm³/mol. The topological polar surface area (TPSA) is 63.2 Å². The summed E-state index contributed by atoms with van der Waals surface area (Å²) in [4.78, 5) is 13.2. The molecule has 0 aliphatic carbocycles. The first-order valence-corrected chi connectivity index (χ1v) is 5.52. The summed E-state index contributed by atoms with van der Waals surface area (Å²) in [5, 5.41) is 2.73. The normalized spacial score (nSPS) is 10.9. The van der Waals surface area contributed by atoms with Gasteiger partial charge < -0.3 is 15.0 Å². The maximum atomic E-state index is 12.3. The average Bonchev–Trinajstić information content (AvgIpc) is 2.26. The van der Waals surface area contributed by atoms with E-state index >= 15 is 0 Å². The van der Waals surface area contributed by atoms with Gasteiger partial charge in [-0.15, -0.1) is 0 Å². The highest BCUT2D eigenvalue weighted by Crippen LogP contribution is 2.15. The van der Waals surface area contributed by atoms with E-state index in [1.54, 1.807) is 7.05 Å². The number of nitrogens with one attached hydrogen (secondary N) is 1. The van der Waals surface area contributed by atoms with Gasteiger partial charge in [0.2, 0.25) is 11.9 Å². The van der Waals surface area contributed by atoms with Crippen LogP contribution in [-0.4, -0.2) is 48.1 Å². The van der Waals surface area contributed by atoms with Gasteiger partial charge in [0.25, 0.3) is 6.43 Å². The smallest absolute Gasteiger partial charge is 0.323 e. The third-order valence-corrected chi connectivity index (χ3v) is 1.92. The van der Waals surface area contributed by atoms with Gasteiger partial charge in [-0.1, -0.05) is 0 Å². The molecule has 0 saturated heterocycles. The number of anilines is 2. The lowest BCUT2D eigenvalue weighted by molar-refractivity contribution is 0.155. The summed E-state index contributed by atoms with van der Waals surface area (Å²) in [6.07, 6.45) is -2.57. The van der Waals surface area contributed by atoms with Crippen LogP contribution in [0, 0.1) is 0 Å². The van der Waals surface area contributed by atoms with Crippen molar-refractivity contribution in [2.45, 2.75) is 26.4 Å². The minimum absolute atomic E-state index is 0.106. The van der Waals surface area contributed by atoms with Crippen LogP contribution in [0.3, 0.4) is 0 Å². The third kappa shape index (κ3) is 4.27. The van der Waals surface area contributed by atoms with Crippen LogP contribution >= 0.6 is 0 Å². The Kier molecular flexibility index (Phi) is 4.99. The summed E-state index contributed by atoms with van der Waals surface area (Å²) in [6, 6.07) is 0.112. The van der Waals surface area contributed by atoms with Crippen molar-refractivity contribution in [3.63, 3.8) is 0 Å². The Morgan fingerprint density at radius 3 is 2.44 bits per heavy atom. The van der Waals surface area contributed by atoms with Gasteiger partial charge in [0.15, 0.2) is 0 Å². The lowest BCUT2D eigenvalue weighted by Crippen LogP contribution is -2.26. The van der Waals surface area contributed by atoms with Crippen LogP contribution in [0.1, 0.15) is 13.8 Å². The first-order valence-electron chi connectivity index (χ1n) is 5.52. The first kappa shape index (κ1) is 14.3. The second kappa shape index (κ2) is 6.27. The molecule has 0 amide bonds. The van der Waals surface area contributed by atoms with Crippen molar-refractivity contribution in [3.8, 4) is 6.01 Å². The van der Waals surface area contributed by atoms with Gasteiger partial charge in [0, 0.05) is 14.1 Å². The molecule has 0 radical (unpaired) electrons. The van der Waals surface area contributed by atoms with Crippen molar-refractivity contribution in [3.05, 3.63) is 0 Å². The van der Waals surface area contributed by atoms with Crippen molar-refractivity contribution < 1.29 is 13.5 Å². The van der Waals surface area contributed by atoms with Crippen LogP contribution in [0.5, 0.6) is 6.01 Å². The van der Waals surface area contributed by atoms with E-state index in [1.165, 1.54) is 11.9 Å². The Bertz CT molecular complexity index is 389. The zero-order valence-corrected chi connectivity index (χ0v) is 10.8. The number of hydrogen-bond donors (Lipinski definition) is 1. The summed E-state index contributed by atoms with van der Waals surface area (Å²) in [7, 11) is 3.12. The molecule has 0 aliphatic heterocycles. The quantitative estimate of drug-likeness (QED) is 0.835. The second-order valence-electron chi connectivity index (χ2n) is 3.93. The highest BCUT2D eigenvalue weighted by atomic mass is 19.3. The molecule has 0 bridgehead atoms. The van der Waals surface area contributed by atoms with E-state index in [-0.39, 0.29) is 24.0 Å². The second-order valence-corrected chi connectivity index (χ2v) is 3.93. The molecule has 0 atom stereocenters. The van der Waals surface area contributed by atoms with Gasteiger partial charge in [0.05, 0.1) is 12.6 Å². The van der Waals surface area contributed by atoms with Gasteiger partial charge in [-0.3, -0.25) is 0 Å². The number of halogens is 2. The number of aromatic nitrogens is 3.